The standard InChI is InChI=1S/C16H19N3O2S/c1-12-10-19(7-8-21-12)16(20)17-9-15-18-14(11-22-15)13-5-3-2-4-6-13/h2-6,11-12H,7-10H2,1H3,(H,17,20)/t12-/m1/s1. The molecule has 116 valence electrons. The lowest BCUT2D eigenvalue weighted by molar-refractivity contribution is -0.00351. The molecular formula is C16H19N3O2S. The number of morpholine rings is 1. The number of nitrogens with zero attached hydrogens (tertiary/aromatic N) is 2. The summed E-state index contributed by atoms with van der Waals surface area (Å²) < 4.78 is 5.44. The lowest BCUT2D eigenvalue weighted by atomic mass is 10.2. The van der Waals surface area contributed by atoms with Crippen molar-refractivity contribution in [1.29, 1.82) is 0 Å². The fourth-order valence-corrected chi connectivity index (χ4v) is 3.14. The van der Waals surface area contributed by atoms with E-state index in [9.17, 15) is 4.79 Å². The monoisotopic (exact) mass is 317 g/mol. The third kappa shape index (κ3) is 3.64. The van der Waals surface area contributed by atoms with Crippen molar-refractivity contribution in [3.63, 3.8) is 0 Å². The van der Waals surface area contributed by atoms with Crippen molar-refractivity contribution in [1.82, 2.24) is 15.2 Å². The van der Waals surface area contributed by atoms with Crippen LogP contribution in [0.25, 0.3) is 11.3 Å². The van der Waals surface area contributed by atoms with Crippen molar-refractivity contribution < 1.29 is 9.53 Å². The number of rotatable bonds is 3. The van der Waals surface area contributed by atoms with Crippen LogP contribution in [0.15, 0.2) is 35.7 Å². The molecule has 2 heterocycles. The summed E-state index contributed by atoms with van der Waals surface area (Å²) in [6, 6.07) is 10.00. The van der Waals surface area contributed by atoms with Gasteiger partial charge in [-0.15, -0.1) is 11.3 Å². The van der Waals surface area contributed by atoms with Crippen molar-refractivity contribution in [3.8, 4) is 11.3 Å². The van der Waals surface area contributed by atoms with E-state index < -0.39 is 0 Å². The van der Waals surface area contributed by atoms with Gasteiger partial charge in [-0.2, -0.15) is 0 Å². The van der Waals surface area contributed by atoms with Crippen LogP contribution in [-0.2, 0) is 11.3 Å². The summed E-state index contributed by atoms with van der Waals surface area (Å²) in [5.41, 5.74) is 2.05. The van der Waals surface area contributed by atoms with Gasteiger partial charge in [-0.25, -0.2) is 9.78 Å². The first-order valence-corrected chi connectivity index (χ1v) is 8.24. The average molecular weight is 317 g/mol. The Labute approximate surface area is 133 Å². The van der Waals surface area contributed by atoms with Crippen LogP contribution in [0.5, 0.6) is 0 Å². The molecule has 6 heteroatoms. The molecule has 1 saturated heterocycles. The first-order valence-electron chi connectivity index (χ1n) is 7.36. The molecule has 22 heavy (non-hydrogen) atoms. The van der Waals surface area contributed by atoms with Crippen LogP contribution in [0.2, 0.25) is 0 Å². The van der Waals surface area contributed by atoms with Crippen LogP contribution in [0, 0.1) is 0 Å². The topological polar surface area (TPSA) is 54.5 Å². The van der Waals surface area contributed by atoms with E-state index in [1.54, 1.807) is 16.2 Å². The molecule has 2 aromatic rings. The lowest BCUT2D eigenvalue weighted by Gasteiger charge is -2.31. The van der Waals surface area contributed by atoms with Gasteiger partial charge in [-0.1, -0.05) is 30.3 Å². The molecule has 3 rings (SSSR count). The Bertz CT molecular complexity index is 629. The second-order valence-electron chi connectivity index (χ2n) is 5.28. The Morgan fingerprint density at radius 3 is 3.05 bits per heavy atom. The highest BCUT2D eigenvalue weighted by molar-refractivity contribution is 7.09. The number of nitrogens with one attached hydrogen (secondary N) is 1. The highest BCUT2D eigenvalue weighted by atomic mass is 32.1. The Balaban J connectivity index is 1.56. The molecule has 0 spiro atoms. The predicted octanol–water partition coefficient (Wildman–Crippen LogP) is 2.74. The third-order valence-corrected chi connectivity index (χ3v) is 4.39. The van der Waals surface area contributed by atoms with Crippen LogP contribution in [-0.4, -0.2) is 41.7 Å². The highest BCUT2D eigenvalue weighted by Crippen LogP contribution is 2.21. The van der Waals surface area contributed by atoms with Gasteiger partial charge in [-0.05, 0) is 6.92 Å². The largest absolute Gasteiger partial charge is 0.375 e. The minimum absolute atomic E-state index is 0.0494. The van der Waals surface area contributed by atoms with Gasteiger partial charge in [0, 0.05) is 24.0 Å². The molecule has 1 aromatic carbocycles. The number of thiazole rings is 1. The number of carbonyl (C=O) groups excluding carboxylic acids is 1. The smallest absolute Gasteiger partial charge is 0.317 e. The molecule has 1 aliphatic rings. The zero-order chi connectivity index (χ0) is 15.4. The number of urea groups is 1. The van der Waals surface area contributed by atoms with Gasteiger partial charge in [-0.3, -0.25) is 0 Å². The molecule has 1 N–H and O–H groups in total. The number of carbonyl (C=O) groups is 1. The first kappa shape index (κ1) is 15.0. The SMILES string of the molecule is C[C@@H]1CN(C(=O)NCc2nc(-c3ccccc3)cs2)CCO1. The number of benzene rings is 1. The molecule has 2 amide bonds. The van der Waals surface area contributed by atoms with E-state index in [4.69, 9.17) is 4.74 Å². The van der Waals surface area contributed by atoms with E-state index in [0.29, 0.717) is 26.2 Å². The van der Waals surface area contributed by atoms with Crippen LogP contribution < -0.4 is 5.32 Å². The number of aromatic nitrogens is 1. The van der Waals surface area contributed by atoms with E-state index in [0.717, 1.165) is 16.3 Å². The maximum absolute atomic E-state index is 12.1. The number of amides is 2. The Morgan fingerprint density at radius 1 is 1.45 bits per heavy atom. The summed E-state index contributed by atoms with van der Waals surface area (Å²) in [6.45, 7) is 4.32. The number of hydrogen-bond acceptors (Lipinski definition) is 4. The maximum atomic E-state index is 12.1. The zero-order valence-corrected chi connectivity index (χ0v) is 13.3. The summed E-state index contributed by atoms with van der Waals surface area (Å²) in [5, 5.41) is 5.87. The minimum Gasteiger partial charge on any atom is -0.375 e. The molecular weight excluding hydrogens is 298 g/mol. The van der Waals surface area contributed by atoms with Crippen LogP contribution in [0.1, 0.15) is 11.9 Å². The zero-order valence-electron chi connectivity index (χ0n) is 12.5. The van der Waals surface area contributed by atoms with E-state index in [-0.39, 0.29) is 12.1 Å². The maximum Gasteiger partial charge on any atom is 0.317 e. The molecule has 0 unspecified atom stereocenters. The first-order chi connectivity index (χ1) is 10.7. The third-order valence-electron chi connectivity index (χ3n) is 3.54. The molecule has 0 radical (unpaired) electrons. The van der Waals surface area contributed by atoms with Gasteiger partial charge in [0.05, 0.1) is 24.9 Å². The molecule has 0 saturated carbocycles. The number of hydrogen-bond donors (Lipinski definition) is 1. The van der Waals surface area contributed by atoms with Gasteiger partial charge < -0.3 is 15.0 Å². The van der Waals surface area contributed by atoms with Gasteiger partial charge in [0.1, 0.15) is 5.01 Å². The minimum atomic E-state index is -0.0494. The average Bonchev–Trinajstić information content (AvgIpc) is 3.02. The van der Waals surface area contributed by atoms with E-state index >= 15 is 0 Å². The van der Waals surface area contributed by atoms with Crippen molar-refractivity contribution >= 4 is 17.4 Å². The highest BCUT2D eigenvalue weighted by Gasteiger charge is 2.21. The van der Waals surface area contributed by atoms with E-state index in [1.807, 2.05) is 42.6 Å². The molecule has 5 nitrogen and oxygen atoms in total. The normalized spacial score (nSPS) is 18.2. The summed E-state index contributed by atoms with van der Waals surface area (Å²) in [7, 11) is 0. The molecule has 1 atom stereocenters. The van der Waals surface area contributed by atoms with Crippen LogP contribution in [0.3, 0.4) is 0 Å². The van der Waals surface area contributed by atoms with Gasteiger partial charge in [0.15, 0.2) is 0 Å². The van der Waals surface area contributed by atoms with Crippen LogP contribution >= 0.6 is 11.3 Å². The Morgan fingerprint density at radius 2 is 2.27 bits per heavy atom. The Hall–Kier alpha value is -1.92. The van der Waals surface area contributed by atoms with Crippen molar-refractivity contribution in [2.45, 2.75) is 19.6 Å². The van der Waals surface area contributed by atoms with Crippen LogP contribution in [0.4, 0.5) is 4.79 Å². The number of ether oxygens (including phenoxy) is 1. The summed E-state index contributed by atoms with van der Waals surface area (Å²) in [6.07, 6.45) is 0.101. The lowest BCUT2D eigenvalue weighted by Crippen LogP contribution is -2.48. The van der Waals surface area contributed by atoms with E-state index in [1.165, 1.54) is 0 Å². The fraction of sp³-hybridized carbons (Fsp3) is 0.375. The fourth-order valence-electron chi connectivity index (χ4n) is 2.40. The second kappa shape index (κ2) is 6.89. The summed E-state index contributed by atoms with van der Waals surface area (Å²) in [5.74, 6) is 0. The molecule has 1 aliphatic heterocycles. The molecule has 0 bridgehead atoms. The van der Waals surface area contributed by atoms with Gasteiger partial charge in [0.2, 0.25) is 0 Å². The molecule has 0 aliphatic carbocycles. The van der Waals surface area contributed by atoms with Crippen molar-refractivity contribution in [2.24, 2.45) is 0 Å². The quantitative estimate of drug-likeness (QED) is 0.947. The van der Waals surface area contributed by atoms with Gasteiger partial charge in [0.25, 0.3) is 0 Å². The predicted molar refractivity (Wildman–Crippen MR) is 86.8 cm³/mol. The molecule has 1 fully saturated rings. The summed E-state index contributed by atoms with van der Waals surface area (Å²) >= 11 is 1.56. The van der Waals surface area contributed by atoms with E-state index in [2.05, 4.69) is 10.3 Å². The Kier molecular flexibility index (Phi) is 4.70. The second-order valence-corrected chi connectivity index (χ2v) is 6.22. The van der Waals surface area contributed by atoms with Crippen molar-refractivity contribution in [2.75, 3.05) is 19.7 Å². The van der Waals surface area contributed by atoms with Crippen molar-refractivity contribution in [3.05, 3.63) is 40.7 Å². The molecule has 1 aromatic heterocycles. The van der Waals surface area contributed by atoms with Gasteiger partial charge >= 0.3 is 6.03 Å². The summed E-state index contributed by atoms with van der Waals surface area (Å²) in [4.78, 5) is 18.5.